The Kier molecular flexibility index (Phi) is 14.8. The fourth-order valence-corrected chi connectivity index (χ4v) is 3.72. The molecule has 0 spiro atoms. The Morgan fingerprint density at radius 1 is 1.11 bits per heavy atom. The molecular weight excluding hydrogens is 498 g/mol. The second kappa shape index (κ2) is 16.7. The van der Waals surface area contributed by atoms with Crippen molar-refractivity contribution in [3.8, 4) is 11.5 Å². The number of rotatable bonds is 16. The van der Waals surface area contributed by atoms with Crippen LogP contribution < -0.4 is 16.0 Å². The van der Waals surface area contributed by atoms with Gasteiger partial charge in [0, 0.05) is 30.6 Å². The summed E-state index contributed by atoms with van der Waals surface area (Å²) in [6, 6.07) is 4.85. The molecule has 0 radical (unpaired) electrons. The molecule has 36 heavy (non-hydrogen) atoms. The number of aromatic hydroxyl groups is 1. The van der Waals surface area contributed by atoms with Crippen LogP contribution in [0.2, 0.25) is 0 Å². The van der Waals surface area contributed by atoms with Crippen LogP contribution in [-0.2, 0) is 14.3 Å². The normalized spacial score (nSPS) is 17.3. The molecule has 0 aliphatic carbocycles. The fraction of sp³-hybridized carbons (Fsp3) is 0.636. The number of nitrogens with two attached hydrogens (primary N) is 1. The van der Waals surface area contributed by atoms with E-state index in [-0.39, 0.29) is 12.4 Å². The van der Waals surface area contributed by atoms with Crippen LogP contribution in [0, 0.1) is 0 Å². The summed E-state index contributed by atoms with van der Waals surface area (Å²) in [5.41, 5.74) is 0.304. The molecule has 206 valence electrons. The molecule has 0 amide bonds. The lowest BCUT2D eigenvalue weighted by Gasteiger charge is -2.25. The summed E-state index contributed by atoms with van der Waals surface area (Å²) in [5.74, 6) is 4.74. The van der Waals surface area contributed by atoms with Crippen molar-refractivity contribution < 1.29 is 49.6 Å². The average Bonchev–Trinajstić information content (AvgIpc) is 3.28. The first kappa shape index (κ1) is 32.0. The summed E-state index contributed by atoms with van der Waals surface area (Å²) in [6.07, 6.45) is 0.614. The standard InChI is InChI=1S/C18H25NO7S.C4H12N2O3/c1-18(17(22)23)12-27-16(19-18)14-4-3-13(11-15(14)21)26-10-9-25-8-7-24-6-2-5-20;5-6-4(1-7,2-8)3-9/h3-4,11,20-21H,2,5-10,12H2,1H3,(H,22,23);6-9H,1-3,5H2/t18-;/m1./s1. The number of carboxylic acid groups (broad SMARTS) is 1. The van der Waals surface area contributed by atoms with Crippen molar-refractivity contribution >= 4 is 22.8 Å². The summed E-state index contributed by atoms with van der Waals surface area (Å²) in [7, 11) is 0. The largest absolute Gasteiger partial charge is 0.507 e. The molecule has 0 unspecified atom stereocenters. The molecule has 1 aliphatic rings. The SMILES string of the molecule is C[C@]1(C(=O)O)CSC(c2ccc(OCCOCCOCCCO)cc2O)=N1.NNC(CO)(CO)CO. The van der Waals surface area contributed by atoms with Crippen LogP contribution in [0.3, 0.4) is 0 Å². The van der Waals surface area contributed by atoms with E-state index in [4.69, 9.17) is 40.5 Å². The molecular formula is C22H37N3O10S. The smallest absolute Gasteiger partial charge is 0.332 e. The van der Waals surface area contributed by atoms with Crippen molar-refractivity contribution in [2.75, 3.05) is 65.2 Å². The first-order valence-corrected chi connectivity index (χ1v) is 12.2. The van der Waals surface area contributed by atoms with Crippen molar-refractivity contribution in [2.45, 2.75) is 24.4 Å². The van der Waals surface area contributed by atoms with Crippen molar-refractivity contribution in [2.24, 2.45) is 10.8 Å². The highest BCUT2D eigenvalue weighted by molar-refractivity contribution is 8.14. The average molecular weight is 536 g/mol. The number of hydrogen-bond donors (Lipinski definition) is 8. The molecule has 1 aliphatic heterocycles. The van der Waals surface area contributed by atoms with Gasteiger partial charge in [-0.3, -0.25) is 10.8 Å². The number of aliphatic carboxylic acids is 1. The molecule has 14 heteroatoms. The highest BCUT2D eigenvalue weighted by Gasteiger charge is 2.39. The molecule has 9 N–H and O–H groups in total. The van der Waals surface area contributed by atoms with Crippen LogP contribution in [0.25, 0.3) is 0 Å². The van der Waals surface area contributed by atoms with Gasteiger partial charge in [0.05, 0.1) is 39.6 Å². The number of hydrazine groups is 1. The number of phenolic OH excluding ortho intramolecular Hbond substituents is 1. The van der Waals surface area contributed by atoms with Gasteiger partial charge < -0.3 is 44.8 Å². The van der Waals surface area contributed by atoms with Crippen molar-refractivity contribution in [1.29, 1.82) is 0 Å². The van der Waals surface area contributed by atoms with E-state index >= 15 is 0 Å². The Morgan fingerprint density at radius 3 is 2.19 bits per heavy atom. The van der Waals surface area contributed by atoms with Gasteiger partial charge >= 0.3 is 5.97 Å². The summed E-state index contributed by atoms with van der Waals surface area (Å²) < 4.78 is 16.1. The number of nitrogens with zero attached hydrogens (tertiary/aromatic N) is 1. The molecule has 0 aromatic heterocycles. The molecule has 0 saturated carbocycles. The highest BCUT2D eigenvalue weighted by atomic mass is 32.2. The van der Waals surface area contributed by atoms with Gasteiger partial charge in [-0.1, -0.05) is 0 Å². The number of aliphatic hydroxyl groups is 4. The predicted octanol–water partition coefficient (Wildman–Crippen LogP) is -1.31. The number of phenols is 1. The zero-order valence-corrected chi connectivity index (χ0v) is 21.1. The number of carbonyl (C=O) groups is 1. The van der Waals surface area contributed by atoms with Gasteiger partial charge in [0.2, 0.25) is 0 Å². The molecule has 2 rings (SSSR count). The molecule has 13 nitrogen and oxygen atoms in total. The molecule has 1 heterocycles. The van der Waals surface area contributed by atoms with Crippen LogP contribution in [-0.4, -0.2) is 118 Å². The van der Waals surface area contributed by atoms with Crippen LogP contribution in [0.15, 0.2) is 23.2 Å². The fourth-order valence-electron chi connectivity index (χ4n) is 2.52. The van der Waals surface area contributed by atoms with Crippen LogP contribution in [0.1, 0.15) is 18.9 Å². The van der Waals surface area contributed by atoms with E-state index in [1.165, 1.54) is 17.8 Å². The summed E-state index contributed by atoms with van der Waals surface area (Å²) in [6.45, 7) is 2.62. The zero-order valence-electron chi connectivity index (χ0n) is 20.3. The zero-order chi connectivity index (χ0) is 27.0. The number of nitrogens with one attached hydrogen (secondary N) is 1. The number of thioether (sulfide) groups is 1. The van der Waals surface area contributed by atoms with Gasteiger partial charge in [-0.05, 0) is 25.5 Å². The van der Waals surface area contributed by atoms with E-state index in [1.54, 1.807) is 19.1 Å². The minimum absolute atomic E-state index is 0.00779. The quantitative estimate of drug-likeness (QED) is 0.0701. The Labute approximate surface area is 213 Å². The van der Waals surface area contributed by atoms with Crippen LogP contribution >= 0.6 is 11.8 Å². The molecule has 1 aromatic rings. The lowest BCUT2D eigenvalue weighted by atomic mass is 10.1. The number of benzene rings is 1. The van der Waals surface area contributed by atoms with Crippen molar-refractivity contribution in [3.63, 3.8) is 0 Å². The summed E-state index contributed by atoms with van der Waals surface area (Å²) >= 11 is 1.31. The van der Waals surface area contributed by atoms with Gasteiger partial charge in [-0.2, -0.15) is 0 Å². The van der Waals surface area contributed by atoms with E-state index in [1.807, 2.05) is 0 Å². The molecule has 1 atom stereocenters. The Hall–Kier alpha value is -2.01. The third-order valence-electron chi connectivity index (χ3n) is 5.03. The number of hydrogen-bond acceptors (Lipinski definition) is 13. The molecule has 1 aromatic carbocycles. The van der Waals surface area contributed by atoms with Gasteiger partial charge in [-0.15, -0.1) is 11.8 Å². The minimum Gasteiger partial charge on any atom is -0.507 e. The van der Waals surface area contributed by atoms with Gasteiger partial charge in [0.15, 0.2) is 5.54 Å². The first-order chi connectivity index (χ1) is 17.2. The van der Waals surface area contributed by atoms with Crippen LogP contribution in [0.5, 0.6) is 11.5 Å². The van der Waals surface area contributed by atoms with Crippen LogP contribution in [0.4, 0.5) is 0 Å². The molecule has 0 fully saturated rings. The number of aliphatic hydroxyl groups excluding tert-OH is 4. The van der Waals surface area contributed by atoms with E-state index in [9.17, 15) is 15.0 Å². The Morgan fingerprint density at radius 2 is 1.72 bits per heavy atom. The number of aliphatic imine (C=N–C) groups is 1. The predicted molar refractivity (Wildman–Crippen MR) is 133 cm³/mol. The lowest BCUT2D eigenvalue weighted by Crippen LogP contribution is -2.57. The van der Waals surface area contributed by atoms with E-state index in [0.717, 1.165) is 0 Å². The number of carboxylic acids is 1. The second-order valence-corrected chi connectivity index (χ2v) is 8.98. The second-order valence-electron chi connectivity index (χ2n) is 8.01. The van der Waals surface area contributed by atoms with Crippen molar-refractivity contribution in [1.82, 2.24) is 5.43 Å². The lowest BCUT2D eigenvalue weighted by molar-refractivity contribution is -0.141. The van der Waals surface area contributed by atoms with E-state index < -0.39 is 36.9 Å². The summed E-state index contributed by atoms with van der Waals surface area (Å²) in [4.78, 5) is 15.5. The number of ether oxygens (including phenoxy) is 3. The van der Waals surface area contributed by atoms with Gasteiger partial charge in [-0.25, -0.2) is 10.2 Å². The molecule has 0 bridgehead atoms. The maximum Gasteiger partial charge on any atom is 0.332 e. The summed E-state index contributed by atoms with van der Waals surface area (Å²) in [5, 5.41) is 54.1. The Balaban J connectivity index is 0.000000613. The maximum absolute atomic E-state index is 11.3. The van der Waals surface area contributed by atoms with Gasteiger partial charge in [0.1, 0.15) is 28.7 Å². The van der Waals surface area contributed by atoms with Crippen molar-refractivity contribution in [3.05, 3.63) is 23.8 Å². The third-order valence-corrected chi connectivity index (χ3v) is 6.32. The molecule has 0 saturated heterocycles. The highest BCUT2D eigenvalue weighted by Crippen LogP contribution is 2.35. The van der Waals surface area contributed by atoms with E-state index in [2.05, 4.69) is 10.4 Å². The van der Waals surface area contributed by atoms with E-state index in [0.29, 0.717) is 61.6 Å². The topological polar surface area (TPSA) is 217 Å². The van der Waals surface area contributed by atoms with Gasteiger partial charge in [0.25, 0.3) is 0 Å². The monoisotopic (exact) mass is 535 g/mol. The first-order valence-electron chi connectivity index (χ1n) is 11.2. The minimum atomic E-state index is -1.17. The maximum atomic E-state index is 11.3. The third kappa shape index (κ3) is 10.2. The Bertz CT molecular complexity index is 808.